The Bertz CT molecular complexity index is 723. The van der Waals surface area contributed by atoms with Crippen molar-refractivity contribution in [3.05, 3.63) is 53.3 Å². The number of benzene rings is 1. The highest BCUT2D eigenvalue weighted by molar-refractivity contribution is 5.84. The first kappa shape index (κ1) is 12.6. The Morgan fingerprint density at radius 3 is 2.80 bits per heavy atom. The molecule has 0 amide bonds. The third-order valence-electron chi connectivity index (χ3n) is 3.23. The zero-order valence-corrected chi connectivity index (χ0v) is 11.1. The van der Waals surface area contributed by atoms with Gasteiger partial charge < -0.3 is 9.84 Å². The lowest BCUT2D eigenvalue weighted by molar-refractivity contribution is 0.254. The number of pyridine rings is 1. The smallest absolute Gasteiger partial charge is 0.221 e. The summed E-state index contributed by atoms with van der Waals surface area (Å²) in [4.78, 5) is 4.42. The minimum Gasteiger partial charge on any atom is -0.472 e. The third-order valence-corrected chi connectivity index (χ3v) is 3.23. The van der Waals surface area contributed by atoms with E-state index in [1.54, 1.807) is 6.20 Å². The fourth-order valence-corrected chi connectivity index (χ4v) is 2.17. The van der Waals surface area contributed by atoms with E-state index in [4.69, 9.17) is 4.74 Å². The second-order valence-electron chi connectivity index (χ2n) is 4.57. The molecule has 0 saturated heterocycles. The number of nitrogens with one attached hydrogen (secondary N) is 1. The fraction of sp³-hybridized carbons (Fsp3) is 0.200. The van der Waals surface area contributed by atoms with Crippen LogP contribution in [0.1, 0.15) is 16.8 Å². The molecule has 0 aliphatic rings. The number of aromatic amines is 1. The minimum absolute atomic E-state index is 0.143. The first-order chi connectivity index (χ1) is 9.79. The summed E-state index contributed by atoms with van der Waals surface area (Å²) in [6.07, 6.45) is 1.71. The Hall–Kier alpha value is -2.40. The van der Waals surface area contributed by atoms with Crippen LogP contribution in [0.2, 0.25) is 0 Å². The summed E-state index contributed by atoms with van der Waals surface area (Å²) in [6.45, 7) is 2.17. The molecule has 102 valence electrons. The number of H-pyrrole nitrogens is 1. The number of aliphatic hydroxyl groups is 1. The van der Waals surface area contributed by atoms with Gasteiger partial charge in [-0.1, -0.05) is 30.3 Å². The van der Waals surface area contributed by atoms with E-state index < -0.39 is 0 Å². The summed E-state index contributed by atoms with van der Waals surface area (Å²) >= 11 is 0. The van der Waals surface area contributed by atoms with Crippen molar-refractivity contribution >= 4 is 10.9 Å². The van der Waals surface area contributed by atoms with Crippen molar-refractivity contribution in [1.82, 2.24) is 15.2 Å². The van der Waals surface area contributed by atoms with Gasteiger partial charge in [0.1, 0.15) is 6.61 Å². The summed E-state index contributed by atoms with van der Waals surface area (Å²) in [7, 11) is 0. The lowest BCUT2D eigenvalue weighted by Gasteiger charge is -2.11. The van der Waals surface area contributed by atoms with E-state index in [-0.39, 0.29) is 6.61 Å². The predicted molar refractivity (Wildman–Crippen MR) is 75.3 cm³/mol. The van der Waals surface area contributed by atoms with Gasteiger partial charge in [-0.05, 0) is 12.5 Å². The summed E-state index contributed by atoms with van der Waals surface area (Å²) in [5, 5.41) is 17.3. The van der Waals surface area contributed by atoms with E-state index in [1.807, 2.05) is 37.3 Å². The van der Waals surface area contributed by atoms with Gasteiger partial charge >= 0.3 is 0 Å². The number of nitrogens with zero attached hydrogens (tertiary/aromatic N) is 2. The molecule has 2 N–H and O–H groups in total. The van der Waals surface area contributed by atoms with Crippen molar-refractivity contribution in [3.63, 3.8) is 0 Å². The molecule has 0 spiro atoms. The van der Waals surface area contributed by atoms with Gasteiger partial charge in [0.2, 0.25) is 5.88 Å². The van der Waals surface area contributed by atoms with Gasteiger partial charge in [-0.2, -0.15) is 5.10 Å². The van der Waals surface area contributed by atoms with E-state index in [9.17, 15) is 5.11 Å². The number of aryl methyl sites for hydroxylation is 1. The predicted octanol–water partition coefficient (Wildman–Crippen LogP) is 2.34. The van der Waals surface area contributed by atoms with Crippen LogP contribution in [0.4, 0.5) is 0 Å². The first-order valence-electron chi connectivity index (χ1n) is 6.39. The highest BCUT2D eigenvalue weighted by Gasteiger charge is 2.14. The van der Waals surface area contributed by atoms with E-state index in [0.29, 0.717) is 18.1 Å². The molecular formula is C15H15N3O2. The molecule has 20 heavy (non-hydrogen) atoms. The summed E-state index contributed by atoms with van der Waals surface area (Å²) in [5.41, 5.74) is 3.30. The highest BCUT2D eigenvalue weighted by atomic mass is 16.5. The van der Waals surface area contributed by atoms with Gasteiger partial charge in [0.25, 0.3) is 0 Å². The Kier molecular flexibility index (Phi) is 3.35. The number of aromatic nitrogens is 3. The van der Waals surface area contributed by atoms with Crippen LogP contribution in [0.15, 0.2) is 36.5 Å². The summed E-state index contributed by atoms with van der Waals surface area (Å²) in [5.74, 6) is 0.450. The molecule has 3 aromatic rings. The number of hydrogen-bond donors (Lipinski definition) is 2. The third kappa shape index (κ3) is 2.23. The van der Waals surface area contributed by atoms with Crippen LogP contribution in [0.5, 0.6) is 5.88 Å². The van der Waals surface area contributed by atoms with Gasteiger partial charge in [-0.15, -0.1) is 0 Å². The number of rotatable bonds is 4. The van der Waals surface area contributed by atoms with Gasteiger partial charge in [0, 0.05) is 5.39 Å². The average Bonchev–Trinajstić information content (AvgIpc) is 2.96. The Morgan fingerprint density at radius 1 is 1.25 bits per heavy atom. The molecule has 2 aromatic heterocycles. The Balaban J connectivity index is 1.94. The van der Waals surface area contributed by atoms with Crippen molar-refractivity contribution in [2.45, 2.75) is 20.1 Å². The largest absolute Gasteiger partial charge is 0.472 e. The first-order valence-corrected chi connectivity index (χ1v) is 6.39. The van der Waals surface area contributed by atoms with Crippen LogP contribution in [-0.4, -0.2) is 20.3 Å². The summed E-state index contributed by atoms with van der Waals surface area (Å²) in [6, 6.07) is 9.85. The normalized spacial score (nSPS) is 10.9. The van der Waals surface area contributed by atoms with Gasteiger partial charge in [-0.25, -0.2) is 4.98 Å². The van der Waals surface area contributed by atoms with Crippen molar-refractivity contribution in [2.75, 3.05) is 0 Å². The maximum Gasteiger partial charge on any atom is 0.221 e. The van der Waals surface area contributed by atoms with Crippen LogP contribution in [0.25, 0.3) is 10.9 Å². The molecule has 0 radical (unpaired) electrons. The Labute approximate surface area is 116 Å². The molecule has 3 rings (SSSR count). The van der Waals surface area contributed by atoms with Crippen LogP contribution in [0, 0.1) is 6.92 Å². The molecule has 0 aliphatic carbocycles. The molecule has 0 fully saturated rings. The van der Waals surface area contributed by atoms with Crippen LogP contribution in [-0.2, 0) is 13.2 Å². The van der Waals surface area contributed by atoms with E-state index in [1.165, 1.54) is 0 Å². The lowest BCUT2D eigenvalue weighted by Crippen LogP contribution is -2.03. The van der Waals surface area contributed by atoms with Gasteiger partial charge in [0.15, 0.2) is 0 Å². The maximum absolute atomic E-state index is 9.56. The zero-order valence-electron chi connectivity index (χ0n) is 11.1. The molecule has 0 saturated carbocycles. The van der Waals surface area contributed by atoms with Crippen molar-refractivity contribution < 1.29 is 9.84 Å². The van der Waals surface area contributed by atoms with Gasteiger partial charge in [0.05, 0.1) is 29.6 Å². The molecule has 0 aliphatic heterocycles. The summed E-state index contributed by atoms with van der Waals surface area (Å²) < 4.78 is 5.75. The SMILES string of the molecule is Cc1nc(OCc2ccccc2)c(CO)c2[nH]ncc12. The molecule has 0 atom stereocenters. The fourth-order valence-electron chi connectivity index (χ4n) is 2.17. The Morgan fingerprint density at radius 2 is 2.05 bits per heavy atom. The molecule has 5 heteroatoms. The van der Waals surface area contributed by atoms with E-state index in [0.717, 1.165) is 22.2 Å². The van der Waals surface area contributed by atoms with Crippen molar-refractivity contribution in [1.29, 1.82) is 0 Å². The van der Waals surface area contributed by atoms with Crippen LogP contribution < -0.4 is 4.74 Å². The highest BCUT2D eigenvalue weighted by Crippen LogP contribution is 2.27. The molecular weight excluding hydrogens is 254 g/mol. The molecule has 5 nitrogen and oxygen atoms in total. The quantitative estimate of drug-likeness (QED) is 0.762. The van der Waals surface area contributed by atoms with Crippen molar-refractivity contribution in [2.24, 2.45) is 0 Å². The monoisotopic (exact) mass is 269 g/mol. The van der Waals surface area contributed by atoms with Crippen LogP contribution in [0.3, 0.4) is 0 Å². The molecule has 0 bridgehead atoms. The number of hydrogen-bond acceptors (Lipinski definition) is 4. The minimum atomic E-state index is -0.143. The number of aliphatic hydroxyl groups excluding tert-OH is 1. The van der Waals surface area contributed by atoms with Crippen LogP contribution >= 0.6 is 0 Å². The second kappa shape index (κ2) is 5.30. The molecule has 2 heterocycles. The standard InChI is InChI=1S/C15H15N3O2/c1-10-12-7-16-18-14(12)13(8-19)15(17-10)20-9-11-5-3-2-4-6-11/h2-7,19H,8-9H2,1H3,(H,16,18). The van der Waals surface area contributed by atoms with E-state index >= 15 is 0 Å². The topological polar surface area (TPSA) is 71.0 Å². The van der Waals surface area contributed by atoms with Gasteiger partial charge in [-0.3, -0.25) is 5.10 Å². The van der Waals surface area contributed by atoms with E-state index in [2.05, 4.69) is 15.2 Å². The second-order valence-corrected chi connectivity index (χ2v) is 4.57. The maximum atomic E-state index is 9.56. The molecule has 0 unspecified atom stereocenters. The lowest BCUT2D eigenvalue weighted by atomic mass is 10.1. The average molecular weight is 269 g/mol. The zero-order chi connectivity index (χ0) is 13.9. The number of fused-ring (bicyclic) bond motifs is 1. The molecule has 1 aromatic carbocycles. The van der Waals surface area contributed by atoms with Crippen molar-refractivity contribution in [3.8, 4) is 5.88 Å². The number of ether oxygens (including phenoxy) is 1.